The van der Waals surface area contributed by atoms with Crippen LogP contribution in [0.15, 0.2) is 46.2 Å². The average molecular weight is 389 g/mol. The van der Waals surface area contributed by atoms with Crippen molar-refractivity contribution >= 4 is 11.5 Å². The number of nitriles is 1. The van der Waals surface area contributed by atoms with Gasteiger partial charge in [-0.25, -0.2) is 4.98 Å². The molecule has 8 nitrogen and oxygen atoms in total. The largest absolute Gasteiger partial charge is 0.507 e. The Morgan fingerprint density at radius 1 is 1.24 bits per heavy atom. The van der Waals surface area contributed by atoms with E-state index >= 15 is 0 Å². The van der Waals surface area contributed by atoms with Gasteiger partial charge >= 0.3 is 0 Å². The number of rotatable bonds is 3. The lowest BCUT2D eigenvalue weighted by Gasteiger charge is -2.29. The minimum Gasteiger partial charge on any atom is -0.507 e. The predicted octanol–water partition coefficient (Wildman–Crippen LogP) is 2.40. The van der Waals surface area contributed by atoms with E-state index in [0.717, 1.165) is 44.9 Å². The first-order valence-electron chi connectivity index (χ1n) is 9.76. The topological polar surface area (TPSA) is 113 Å². The number of hydrogen-bond acceptors (Lipinski definition) is 7. The molecule has 2 aromatic rings. The number of phenols is 1. The van der Waals surface area contributed by atoms with Crippen molar-refractivity contribution in [3.05, 3.63) is 47.3 Å². The van der Waals surface area contributed by atoms with E-state index in [1.165, 1.54) is 11.8 Å². The van der Waals surface area contributed by atoms with Crippen molar-refractivity contribution in [2.45, 2.75) is 19.8 Å². The zero-order valence-electron chi connectivity index (χ0n) is 16.3. The van der Waals surface area contributed by atoms with Gasteiger partial charge in [0.2, 0.25) is 0 Å². The van der Waals surface area contributed by atoms with Gasteiger partial charge in [-0.1, -0.05) is 18.6 Å². The fourth-order valence-electron chi connectivity index (χ4n) is 3.50. The molecule has 0 radical (unpaired) electrons. The number of aromatic amines is 1. The Kier molecular flexibility index (Phi) is 5.40. The molecule has 29 heavy (non-hydrogen) atoms. The summed E-state index contributed by atoms with van der Waals surface area (Å²) < 4.78 is 0. The number of hydrogen-bond donors (Lipinski definition) is 3. The maximum Gasteiger partial charge on any atom is 0.138 e. The van der Waals surface area contributed by atoms with Crippen LogP contribution in [0.4, 0.5) is 0 Å². The van der Waals surface area contributed by atoms with Gasteiger partial charge in [0.25, 0.3) is 0 Å². The summed E-state index contributed by atoms with van der Waals surface area (Å²) in [6, 6.07) is 7.30. The molecular formula is C21H23N7O. The zero-order valence-corrected chi connectivity index (χ0v) is 16.3. The van der Waals surface area contributed by atoms with Crippen LogP contribution >= 0.6 is 0 Å². The van der Waals surface area contributed by atoms with Gasteiger partial charge in [-0.3, -0.25) is 0 Å². The zero-order chi connectivity index (χ0) is 20.2. The molecule has 2 aliphatic rings. The highest BCUT2D eigenvalue weighted by molar-refractivity contribution is 6.12. The first-order chi connectivity index (χ1) is 14.2. The molecule has 2 aliphatic heterocycles. The number of piperazine rings is 1. The molecule has 0 bridgehead atoms. The van der Waals surface area contributed by atoms with Gasteiger partial charge in [0, 0.05) is 43.7 Å². The number of amidine groups is 1. The number of phenolic OH excluding ortho intramolecular Hbond substituents is 1. The van der Waals surface area contributed by atoms with Gasteiger partial charge in [-0.2, -0.15) is 5.26 Å². The van der Waals surface area contributed by atoms with Crippen LogP contribution in [0.1, 0.15) is 31.0 Å². The van der Waals surface area contributed by atoms with Crippen LogP contribution in [-0.2, 0) is 0 Å². The highest BCUT2D eigenvalue weighted by Gasteiger charge is 2.19. The number of nitrogens with one attached hydrogen (secondary N) is 2. The van der Waals surface area contributed by atoms with Crippen LogP contribution in [-0.4, -0.2) is 57.7 Å². The molecule has 0 atom stereocenters. The summed E-state index contributed by atoms with van der Waals surface area (Å²) in [4.78, 5) is 9.37. The maximum absolute atomic E-state index is 10.7. The van der Waals surface area contributed by atoms with E-state index in [1.807, 2.05) is 24.3 Å². The molecule has 3 heterocycles. The van der Waals surface area contributed by atoms with E-state index in [9.17, 15) is 5.11 Å². The summed E-state index contributed by atoms with van der Waals surface area (Å²) in [6.07, 6.45) is 5.16. The molecule has 1 aromatic carbocycles. The quantitative estimate of drug-likeness (QED) is 0.746. The van der Waals surface area contributed by atoms with Crippen molar-refractivity contribution in [2.75, 3.05) is 26.2 Å². The third-order valence-electron chi connectivity index (χ3n) is 5.18. The Labute approximate surface area is 169 Å². The Hall–Kier alpha value is -3.44. The normalized spacial score (nSPS) is 17.1. The molecule has 0 saturated carbocycles. The van der Waals surface area contributed by atoms with Crippen molar-refractivity contribution in [1.29, 1.82) is 5.26 Å². The van der Waals surface area contributed by atoms with Gasteiger partial charge in [0.1, 0.15) is 29.2 Å². The van der Waals surface area contributed by atoms with Crippen molar-refractivity contribution in [3.8, 4) is 23.2 Å². The molecule has 3 N–H and O–H groups in total. The summed E-state index contributed by atoms with van der Waals surface area (Å²) in [7, 11) is 0. The second kappa shape index (κ2) is 8.29. The highest BCUT2D eigenvalue weighted by atomic mass is 16.3. The van der Waals surface area contributed by atoms with E-state index < -0.39 is 0 Å². The summed E-state index contributed by atoms with van der Waals surface area (Å²) >= 11 is 0. The lowest BCUT2D eigenvalue weighted by molar-refractivity contribution is 0.352. The molecule has 148 valence electrons. The number of nitrogens with zero attached hydrogens (tertiary/aromatic N) is 5. The minimum atomic E-state index is 0.101. The number of H-pyrrole nitrogens is 1. The third kappa shape index (κ3) is 4.05. The lowest BCUT2D eigenvalue weighted by atomic mass is 10.0. The lowest BCUT2D eigenvalue weighted by Crippen LogP contribution is -2.46. The van der Waals surface area contributed by atoms with E-state index in [2.05, 4.69) is 37.3 Å². The van der Waals surface area contributed by atoms with Gasteiger partial charge in [-0.15, -0.1) is 10.2 Å². The van der Waals surface area contributed by atoms with E-state index in [0.29, 0.717) is 28.4 Å². The van der Waals surface area contributed by atoms with Crippen LogP contribution in [0.5, 0.6) is 5.75 Å². The summed E-state index contributed by atoms with van der Waals surface area (Å²) in [5, 5.41) is 31.9. The van der Waals surface area contributed by atoms with Crippen molar-refractivity contribution in [2.24, 2.45) is 10.2 Å². The number of allylic oxidation sites excluding steroid dienone is 1. The molecule has 0 amide bonds. The number of imidazole rings is 1. The summed E-state index contributed by atoms with van der Waals surface area (Å²) in [6.45, 7) is 5.87. The van der Waals surface area contributed by atoms with Crippen LogP contribution < -0.4 is 5.32 Å². The monoisotopic (exact) mass is 389 g/mol. The second-order valence-corrected chi connectivity index (χ2v) is 7.06. The molecule has 4 rings (SSSR count). The molecule has 1 saturated heterocycles. The fraction of sp³-hybridized carbons (Fsp3) is 0.333. The third-order valence-corrected chi connectivity index (χ3v) is 5.18. The van der Waals surface area contributed by atoms with Crippen LogP contribution in [0.25, 0.3) is 11.4 Å². The van der Waals surface area contributed by atoms with E-state index in [-0.39, 0.29) is 5.75 Å². The van der Waals surface area contributed by atoms with E-state index in [1.54, 1.807) is 6.07 Å². The molecule has 1 fully saturated rings. The van der Waals surface area contributed by atoms with Crippen molar-refractivity contribution < 1.29 is 5.11 Å². The Balaban J connectivity index is 1.66. The molecule has 8 heteroatoms. The molecular weight excluding hydrogens is 366 g/mol. The number of benzene rings is 1. The molecule has 0 spiro atoms. The fourth-order valence-corrected chi connectivity index (χ4v) is 3.50. The van der Waals surface area contributed by atoms with Crippen LogP contribution in [0.3, 0.4) is 0 Å². The number of aromatic hydroxyl groups is 1. The first kappa shape index (κ1) is 18.9. The van der Waals surface area contributed by atoms with Crippen molar-refractivity contribution in [3.63, 3.8) is 0 Å². The van der Waals surface area contributed by atoms with Crippen LogP contribution in [0.2, 0.25) is 0 Å². The Morgan fingerprint density at radius 2 is 2.07 bits per heavy atom. The average Bonchev–Trinajstić information content (AvgIpc) is 3.14. The SMILES string of the molecule is CCC1=CC(c2ccc(-c3ncc(C#N)[nH]3)cc2O)=NN=C(N2CCNCC2)C1. The highest BCUT2D eigenvalue weighted by Crippen LogP contribution is 2.27. The van der Waals surface area contributed by atoms with E-state index in [4.69, 9.17) is 5.26 Å². The first-order valence-corrected chi connectivity index (χ1v) is 9.76. The smallest absolute Gasteiger partial charge is 0.138 e. The van der Waals surface area contributed by atoms with Gasteiger partial charge < -0.3 is 20.3 Å². The number of aromatic nitrogens is 2. The van der Waals surface area contributed by atoms with Gasteiger partial charge in [0.15, 0.2) is 0 Å². The van der Waals surface area contributed by atoms with Crippen molar-refractivity contribution in [1.82, 2.24) is 20.2 Å². The minimum absolute atomic E-state index is 0.101. The molecule has 1 aromatic heterocycles. The van der Waals surface area contributed by atoms with Gasteiger partial charge in [0.05, 0.1) is 11.9 Å². The molecule has 0 aliphatic carbocycles. The standard InChI is InChI=1S/C21H23N7O/c1-2-14-9-18(26-27-20(10-14)28-7-5-23-6-8-28)17-4-3-15(11-19(17)29)21-24-13-16(12-22)25-21/h3-4,9,11,13,23,29H,2,5-8,10H2,1H3,(H,24,25). The maximum atomic E-state index is 10.7. The second-order valence-electron chi connectivity index (χ2n) is 7.06. The molecule has 0 unspecified atom stereocenters. The summed E-state index contributed by atoms with van der Waals surface area (Å²) in [5.41, 5.74) is 3.57. The van der Waals surface area contributed by atoms with Gasteiger partial charge in [-0.05, 0) is 24.6 Å². The van der Waals surface area contributed by atoms with Crippen LogP contribution in [0, 0.1) is 11.3 Å². The Bertz CT molecular complexity index is 1040. The Morgan fingerprint density at radius 3 is 2.76 bits per heavy atom. The summed E-state index contributed by atoms with van der Waals surface area (Å²) in [5.74, 6) is 1.61. The predicted molar refractivity (Wildman–Crippen MR) is 112 cm³/mol.